The number of aromatic amines is 1. The first-order valence-electron chi connectivity index (χ1n) is 8.75. The van der Waals surface area contributed by atoms with Gasteiger partial charge >= 0.3 is 6.09 Å². The molecule has 6 nitrogen and oxygen atoms in total. The molecule has 3 rings (SSSR count). The zero-order chi connectivity index (χ0) is 19.4. The summed E-state index contributed by atoms with van der Waals surface area (Å²) in [6, 6.07) is 18.0. The van der Waals surface area contributed by atoms with E-state index in [1.54, 1.807) is 26.8 Å². The molecule has 3 aromatic rings. The molecule has 0 saturated heterocycles. The minimum absolute atomic E-state index is 0.359. The van der Waals surface area contributed by atoms with E-state index in [9.17, 15) is 9.59 Å². The number of rotatable bonds is 3. The molecule has 27 heavy (non-hydrogen) atoms. The number of hydrogen-bond acceptors (Lipinski definition) is 3. The molecule has 2 aromatic carbocycles. The van der Waals surface area contributed by atoms with Crippen LogP contribution in [0.25, 0.3) is 10.9 Å². The number of H-pyrrole nitrogens is 1. The fraction of sp³-hybridized carbons (Fsp3) is 0.238. The number of amides is 2. The molecule has 0 unspecified atom stereocenters. The molecule has 0 saturated carbocycles. The number of carbonyl (C=O) groups excluding carboxylic acids is 2. The number of aromatic nitrogens is 1. The molecule has 0 radical (unpaired) electrons. The van der Waals surface area contributed by atoms with Crippen LogP contribution in [0.4, 0.5) is 4.79 Å². The van der Waals surface area contributed by atoms with Crippen LogP contribution in [0.3, 0.4) is 0 Å². The lowest BCUT2D eigenvalue weighted by Gasteiger charge is -2.19. The van der Waals surface area contributed by atoms with Gasteiger partial charge in [0.15, 0.2) is 0 Å². The van der Waals surface area contributed by atoms with Crippen molar-refractivity contribution < 1.29 is 14.3 Å². The zero-order valence-electron chi connectivity index (χ0n) is 15.6. The first kappa shape index (κ1) is 18.5. The van der Waals surface area contributed by atoms with Crippen molar-refractivity contribution in [2.24, 2.45) is 0 Å². The molecule has 140 valence electrons. The van der Waals surface area contributed by atoms with E-state index in [1.165, 1.54) is 5.56 Å². The molecule has 2 amide bonds. The minimum atomic E-state index is -0.711. The van der Waals surface area contributed by atoms with Crippen molar-refractivity contribution >= 4 is 22.9 Å². The third-order valence-corrected chi connectivity index (χ3v) is 3.86. The zero-order valence-corrected chi connectivity index (χ0v) is 15.6. The summed E-state index contributed by atoms with van der Waals surface area (Å²) in [6.45, 7) is 5.25. The second-order valence-electron chi connectivity index (χ2n) is 7.35. The summed E-state index contributed by atoms with van der Waals surface area (Å²) in [6.07, 6.45) is 0.106. The topological polar surface area (TPSA) is 83.2 Å². The Morgan fingerprint density at radius 3 is 2.41 bits per heavy atom. The SMILES string of the molecule is CC(C)(C)OC(=O)NNC(=O)c1cc2ccc(Cc3ccccc3)cc2[nH]1. The Labute approximate surface area is 157 Å². The van der Waals surface area contributed by atoms with Crippen LogP contribution in [-0.2, 0) is 11.2 Å². The van der Waals surface area contributed by atoms with Crippen LogP contribution in [0, 0.1) is 0 Å². The Morgan fingerprint density at radius 2 is 1.70 bits per heavy atom. The van der Waals surface area contributed by atoms with Gasteiger partial charge in [-0.25, -0.2) is 10.2 Å². The third kappa shape index (κ3) is 5.10. The normalized spacial score (nSPS) is 11.2. The van der Waals surface area contributed by atoms with E-state index in [0.29, 0.717) is 5.69 Å². The Hall–Kier alpha value is -3.28. The first-order valence-corrected chi connectivity index (χ1v) is 8.75. The summed E-state index contributed by atoms with van der Waals surface area (Å²) < 4.78 is 5.08. The van der Waals surface area contributed by atoms with Crippen molar-refractivity contribution in [3.05, 3.63) is 71.4 Å². The van der Waals surface area contributed by atoms with Gasteiger partial charge in [0.1, 0.15) is 11.3 Å². The minimum Gasteiger partial charge on any atom is -0.443 e. The van der Waals surface area contributed by atoms with Crippen LogP contribution in [0.2, 0.25) is 0 Å². The maximum Gasteiger partial charge on any atom is 0.426 e. The van der Waals surface area contributed by atoms with Crippen molar-refractivity contribution in [2.75, 3.05) is 0 Å². The van der Waals surface area contributed by atoms with Crippen LogP contribution < -0.4 is 10.9 Å². The molecule has 1 heterocycles. The van der Waals surface area contributed by atoms with Crippen LogP contribution in [0.15, 0.2) is 54.6 Å². The van der Waals surface area contributed by atoms with Crippen LogP contribution in [-0.4, -0.2) is 22.6 Å². The molecule has 1 aromatic heterocycles. The lowest BCUT2D eigenvalue weighted by molar-refractivity contribution is 0.0483. The van der Waals surface area contributed by atoms with Crippen LogP contribution in [0.1, 0.15) is 42.4 Å². The van der Waals surface area contributed by atoms with E-state index in [4.69, 9.17) is 4.74 Å². The maximum absolute atomic E-state index is 12.2. The van der Waals surface area contributed by atoms with Crippen LogP contribution in [0.5, 0.6) is 0 Å². The van der Waals surface area contributed by atoms with E-state index in [0.717, 1.165) is 22.9 Å². The Balaban J connectivity index is 1.67. The molecule has 0 atom stereocenters. The van der Waals surface area contributed by atoms with Crippen molar-refractivity contribution in [1.82, 2.24) is 15.8 Å². The summed E-state index contributed by atoms with van der Waals surface area (Å²) in [5.41, 5.74) is 7.55. The van der Waals surface area contributed by atoms with Gasteiger partial charge in [0.2, 0.25) is 0 Å². The van der Waals surface area contributed by atoms with Crippen molar-refractivity contribution in [3.63, 3.8) is 0 Å². The fourth-order valence-electron chi connectivity index (χ4n) is 2.72. The van der Waals surface area contributed by atoms with Crippen LogP contribution >= 0.6 is 0 Å². The largest absolute Gasteiger partial charge is 0.443 e. The summed E-state index contributed by atoms with van der Waals surface area (Å²) in [5, 5.41) is 0.925. The molecule has 0 aliphatic carbocycles. The van der Waals surface area contributed by atoms with Gasteiger partial charge in [-0.05, 0) is 50.5 Å². The standard InChI is InChI=1S/C21H23N3O3/c1-21(2,3)27-20(26)24-23-19(25)18-13-16-10-9-15(12-17(16)22-18)11-14-7-5-4-6-8-14/h4-10,12-13,22H,11H2,1-3H3,(H,23,25)(H,24,26). The third-order valence-electron chi connectivity index (χ3n) is 3.86. The number of carbonyl (C=O) groups is 2. The highest BCUT2D eigenvalue weighted by Crippen LogP contribution is 2.19. The molecular formula is C21H23N3O3. The fourth-order valence-corrected chi connectivity index (χ4v) is 2.72. The van der Waals surface area contributed by atoms with Gasteiger partial charge in [-0.1, -0.05) is 42.5 Å². The highest BCUT2D eigenvalue weighted by molar-refractivity contribution is 5.98. The van der Waals surface area contributed by atoms with Crippen molar-refractivity contribution in [3.8, 4) is 0 Å². The molecule has 0 bridgehead atoms. The molecular weight excluding hydrogens is 342 g/mol. The average Bonchev–Trinajstić information content (AvgIpc) is 3.02. The van der Waals surface area contributed by atoms with E-state index in [-0.39, 0.29) is 0 Å². The molecule has 0 fully saturated rings. The molecule has 0 aliphatic heterocycles. The van der Waals surface area contributed by atoms with Crippen molar-refractivity contribution in [1.29, 1.82) is 0 Å². The molecule has 0 spiro atoms. The van der Waals surface area contributed by atoms with E-state index in [2.05, 4.69) is 28.0 Å². The molecule has 6 heteroatoms. The number of hydrazine groups is 1. The predicted molar refractivity (Wildman–Crippen MR) is 104 cm³/mol. The summed E-state index contributed by atoms with van der Waals surface area (Å²) in [4.78, 5) is 27.0. The van der Waals surface area contributed by atoms with Gasteiger partial charge in [0.05, 0.1) is 0 Å². The second kappa shape index (κ2) is 7.53. The quantitative estimate of drug-likeness (QED) is 0.615. The Bertz CT molecular complexity index is 956. The summed E-state index contributed by atoms with van der Waals surface area (Å²) in [5.74, 6) is -0.443. The smallest absolute Gasteiger partial charge is 0.426 e. The Morgan fingerprint density at radius 1 is 0.963 bits per heavy atom. The lowest BCUT2D eigenvalue weighted by atomic mass is 10.0. The number of hydrogen-bond donors (Lipinski definition) is 3. The highest BCUT2D eigenvalue weighted by atomic mass is 16.6. The van der Waals surface area contributed by atoms with Gasteiger partial charge in [0, 0.05) is 10.9 Å². The van der Waals surface area contributed by atoms with E-state index in [1.807, 2.05) is 36.4 Å². The van der Waals surface area contributed by atoms with E-state index >= 15 is 0 Å². The van der Waals surface area contributed by atoms with Gasteiger partial charge in [-0.2, -0.15) is 0 Å². The van der Waals surface area contributed by atoms with Gasteiger partial charge in [0.25, 0.3) is 5.91 Å². The van der Waals surface area contributed by atoms with Gasteiger partial charge in [-0.3, -0.25) is 10.2 Å². The predicted octanol–water partition coefficient (Wildman–Crippen LogP) is 3.93. The van der Waals surface area contributed by atoms with E-state index < -0.39 is 17.6 Å². The average molecular weight is 365 g/mol. The summed E-state index contributed by atoms with van der Waals surface area (Å²) >= 11 is 0. The highest BCUT2D eigenvalue weighted by Gasteiger charge is 2.17. The van der Waals surface area contributed by atoms with Crippen molar-refractivity contribution in [2.45, 2.75) is 32.8 Å². The van der Waals surface area contributed by atoms with Gasteiger partial charge < -0.3 is 9.72 Å². The molecule has 0 aliphatic rings. The number of ether oxygens (including phenoxy) is 1. The maximum atomic E-state index is 12.2. The number of nitrogens with one attached hydrogen (secondary N) is 3. The Kier molecular flexibility index (Phi) is 5.16. The number of benzene rings is 2. The summed E-state index contributed by atoms with van der Waals surface area (Å²) in [7, 11) is 0. The number of fused-ring (bicyclic) bond motifs is 1. The molecule has 3 N–H and O–H groups in total. The lowest BCUT2D eigenvalue weighted by Crippen LogP contribution is -2.44. The first-order chi connectivity index (χ1) is 12.8. The van der Waals surface area contributed by atoms with Gasteiger partial charge in [-0.15, -0.1) is 0 Å². The second-order valence-corrected chi connectivity index (χ2v) is 7.35. The monoisotopic (exact) mass is 365 g/mol.